The molecule has 1 saturated heterocycles. The smallest absolute Gasteiger partial charge is 0.270 e. The molecule has 3 heterocycles. The predicted octanol–water partition coefficient (Wildman–Crippen LogP) is 0.826. The Bertz CT molecular complexity index is 776. The lowest BCUT2D eigenvalue weighted by atomic mass is 10.0. The average molecular weight is 376 g/mol. The number of hydrogen-bond acceptors (Lipinski definition) is 6. The first-order valence-electron chi connectivity index (χ1n) is 8.60. The van der Waals surface area contributed by atoms with E-state index < -0.39 is 0 Å². The molecule has 0 aromatic carbocycles. The Balaban J connectivity index is 1.50. The summed E-state index contributed by atoms with van der Waals surface area (Å²) in [5.74, 6) is -0.0305. The van der Waals surface area contributed by atoms with Crippen LogP contribution in [0.25, 0.3) is 10.6 Å². The minimum atomic E-state index is -0.140. The Labute approximate surface area is 156 Å². The van der Waals surface area contributed by atoms with E-state index in [-0.39, 0.29) is 17.9 Å². The normalized spacial score (nSPS) is 15.8. The number of likely N-dealkylation sites (N-methyl/N-ethyl adjacent to an activating group) is 1. The van der Waals surface area contributed by atoms with Gasteiger partial charge in [-0.3, -0.25) is 19.2 Å². The van der Waals surface area contributed by atoms with E-state index >= 15 is 0 Å². The van der Waals surface area contributed by atoms with Crippen LogP contribution in [-0.2, 0) is 11.8 Å². The maximum Gasteiger partial charge on any atom is 0.270 e. The number of carbonyl (C=O) groups is 2. The molecule has 26 heavy (non-hydrogen) atoms. The molecule has 1 N–H and O–H groups in total. The highest BCUT2D eigenvalue weighted by molar-refractivity contribution is 7.13. The molecule has 2 aromatic rings. The maximum absolute atomic E-state index is 12.4. The van der Waals surface area contributed by atoms with Gasteiger partial charge in [0.1, 0.15) is 10.7 Å². The number of rotatable bonds is 5. The zero-order chi connectivity index (χ0) is 18.7. The molecule has 0 unspecified atom stereocenters. The molecule has 0 aliphatic carbocycles. The number of thiazole rings is 1. The third-order valence-corrected chi connectivity index (χ3v) is 5.36. The zero-order valence-electron chi connectivity index (χ0n) is 15.3. The molecular formula is C17H24N6O2S. The van der Waals surface area contributed by atoms with Crippen LogP contribution in [0.3, 0.4) is 0 Å². The van der Waals surface area contributed by atoms with Gasteiger partial charge in [0.05, 0.1) is 12.7 Å². The lowest BCUT2D eigenvalue weighted by Crippen LogP contribution is -2.47. The Morgan fingerprint density at radius 2 is 2.08 bits per heavy atom. The lowest BCUT2D eigenvalue weighted by Gasteiger charge is -2.32. The van der Waals surface area contributed by atoms with Crippen LogP contribution in [0, 0.1) is 0 Å². The first kappa shape index (κ1) is 18.5. The van der Waals surface area contributed by atoms with Crippen molar-refractivity contribution in [2.75, 3.05) is 33.7 Å². The fourth-order valence-electron chi connectivity index (χ4n) is 2.87. The minimum Gasteiger partial charge on any atom is -0.348 e. The van der Waals surface area contributed by atoms with E-state index in [0.717, 1.165) is 36.5 Å². The summed E-state index contributed by atoms with van der Waals surface area (Å²) in [6.07, 6.45) is 5.30. The number of piperidine rings is 1. The summed E-state index contributed by atoms with van der Waals surface area (Å²) in [6.45, 7) is 2.05. The average Bonchev–Trinajstić information content (AvgIpc) is 3.25. The molecule has 2 aromatic heterocycles. The van der Waals surface area contributed by atoms with Gasteiger partial charge in [0.2, 0.25) is 5.91 Å². The molecule has 2 amide bonds. The van der Waals surface area contributed by atoms with Crippen molar-refractivity contribution in [3.8, 4) is 10.6 Å². The second-order valence-electron chi connectivity index (χ2n) is 6.75. The third-order valence-electron chi connectivity index (χ3n) is 4.47. The molecule has 9 heteroatoms. The molecule has 8 nitrogen and oxygen atoms in total. The highest BCUT2D eigenvalue weighted by atomic mass is 32.1. The number of amides is 2. The van der Waals surface area contributed by atoms with Crippen LogP contribution in [0.5, 0.6) is 0 Å². The van der Waals surface area contributed by atoms with Gasteiger partial charge in [-0.05, 0) is 12.8 Å². The molecule has 0 saturated carbocycles. The van der Waals surface area contributed by atoms with Gasteiger partial charge in [-0.15, -0.1) is 11.3 Å². The molecule has 0 atom stereocenters. The fourth-order valence-corrected chi connectivity index (χ4v) is 3.65. The first-order valence-corrected chi connectivity index (χ1v) is 9.48. The number of likely N-dealkylation sites (tertiary alicyclic amines) is 1. The van der Waals surface area contributed by atoms with Crippen LogP contribution in [0.15, 0.2) is 17.8 Å². The monoisotopic (exact) mass is 376 g/mol. The summed E-state index contributed by atoms with van der Waals surface area (Å²) >= 11 is 1.44. The van der Waals surface area contributed by atoms with E-state index in [1.807, 2.05) is 13.2 Å². The van der Waals surface area contributed by atoms with E-state index in [0.29, 0.717) is 12.2 Å². The summed E-state index contributed by atoms with van der Waals surface area (Å²) in [5.41, 5.74) is 1.36. The maximum atomic E-state index is 12.4. The first-order chi connectivity index (χ1) is 12.4. The summed E-state index contributed by atoms with van der Waals surface area (Å²) in [5, 5.41) is 9.77. The molecule has 140 valence electrons. The number of hydrogen-bond donors (Lipinski definition) is 1. The van der Waals surface area contributed by atoms with E-state index in [1.54, 1.807) is 35.3 Å². The van der Waals surface area contributed by atoms with Crippen LogP contribution in [-0.4, -0.2) is 76.2 Å². The van der Waals surface area contributed by atoms with Crippen LogP contribution < -0.4 is 5.32 Å². The number of nitrogens with zero attached hydrogens (tertiary/aromatic N) is 5. The number of nitrogens with one attached hydrogen (secondary N) is 1. The van der Waals surface area contributed by atoms with Crippen LogP contribution in [0.4, 0.5) is 0 Å². The second-order valence-corrected chi connectivity index (χ2v) is 7.61. The van der Waals surface area contributed by atoms with E-state index in [4.69, 9.17) is 0 Å². The van der Waals surface area contributed by atoms with Crippen LogP contribution >= 0.6 is 11.3 Å². The molecule has 0 spiro atoms. The van der Waals surface area contributed by atoms with Crippen molar-refractivity contribution in [1.29, 1.82) is 0 Å². The van der Waals surface area contributed by atoms with E-state index in [9.17, 15) is 9.59 Å². The molecule has 1 aliphatic rings. The highest BCUT2D eigenvalue weighted by Crippen LogP contribution is 2.23. The summed E-state index contributed by atoms with van der Waals surface area (Å²) in [7, 11) is 5.38. The topological polar surface area (TPSA) is 83.4 Å². The molecule has 3 rings (SSSR count). The summed E-state index contributed by atoms with van der Waals surface area (Å²) in [4.78, 5) is 32.4. The largest absolute Gasteiger partial charge is 0.348 e. The van der Waals surface area contributed by atoms with Crippen molar-refractivity contribution >= 4 is 23.2 Å². The molecule has 1 fully saturated rings. The van der Waals surface area contributed by atoms with Gasteiger partial charge in [0, 0.05) is 57.4 Å². The van der Waals surface area contributed by atoms with Crippen LogP contribution in [0.1, 0.15) is 23.3 Å². The van der Waals surface area contributed by atoms with Crippen molar-refractivity contribution in [2.45, 2.75) is 18.9 Å². The molecule has 1 aliphatic heterocycles. The minimum absolute atomic E-state index is 0.109. The van der Waals surface area contributed by atoms with Crippen molar-refractivity contribution in [3.05, 3.63) is 23.5 Å². The Morgan fingerprint density at radius 3 is 2.69 bits per heavy atom. The zero-order valence-corrected chi connectivity index (χ0v) is 16.1. The van der Waals surface area contributed by atoms with Gasteiger partial charge < -0.3 is 10.2 Å². The van der Waals surface area contributed by atoms with Gasteiger partial charge in [0.15, 0.2) is 0 Å². The summed E-state index contributed by atoms with van der Waals surface area (Å²) in [6, 6.07) is 0.122. The number of aromatic nitrogens is 3. The lowest BCUT2D eigenvalue weighted by molar-refractivity contribution is -0.130. The van der Waals surface area contributed by atoms with Crippen molar-refractivity contribution in [2.24, 2.45) is 7.05 Å². The predicted molar refractivity (Wildman–Crippen MR) is 99.9 cm³/mol. The van der Waals surface area contributed by atoms with Gasteiger partial charge in [0.25, 0.3) is 5.91 Å². The third kappa shape index (κ3) is 4.47. The van der Waals surface area contributed by atoms with Crippen molar-refractivity contribution in [1.82, 2.24) is 29.9 Å². The van der Waals surface area contributed by atoms with Gasteiger partial charge >= 0.3 is 0 Å². The molecular weight excluding hydrogens is 352 g/mol. The standard InChI is InChI=1S/C17H24N6O2S/c1-21(2)15(24)10-23-6-4-13(5-7-23)19-16(25)14-11-26-17(20-14)12-8-18-22(3)9-12/h8-9,11,13H,4-7,10H2,1-3H3,(H,19,25). The fraction of sp³-hybridized carbons (Fsp3) is 0.529. The number of carbonyl (C=O) groups excluding carboxylic acids is 2. The van der Waals surface area contributed by atoms with Crippen LogP contribution in [0.2, 0.25) is 0 Å². The quantitative estimate of drug-likeness (QED) is 0.836. The molecule has 0 bridgehead atoms. The van der Waals surface area contributed by atoms with Gasteiger partial charge in [-0.1, -0.05) is 0 Å². The van der Waals surface area contributed by atoms with Crippen molar-refractivity contribution < 1.29 is 9.59 Å². The molecule has 0 radical (unpaired) electrons. The second kappa shape index (κ2) is 7.96. The van der Waals surface area contributed by atoms with E-state index in [1.165, 1.54) is 11.3 Å². The number of aryl methyl sites for hydroxylation is 1. The SMILES string of the molecule is CN(C)C(=O)CN1CCC(NC(=O)c2csc(-c3cnn(C)c3)n2)CC1. The Morgan fingerprint density at radius 1 is 1.35 bits per heavy atom. The summed E-state index contributed by atoms with van der Waals surface area (Å²) < 4.78 is 1.71. The van der Waals surface area contributed by atoms with Crippen molar-refractivity contribution in [3.63, 3.8) is 0 Å². The van der Waals surface area contributed by atoms with Gasteiger partial charge in [-0.2, -0.15) is 5.10 Å². The Hall–Kier alpha value is -2.26. The highest BCUT2D eigenvalue weighted by Gasteiger charge is 2.23. The van der Waals surface area contributed by atoms with Gasteiger partial charge in [-0.25, -0.2) is 4.98 Å². The van der Waals surface area contributed by atoms with E-state index in [2.05, 4.69) is 20.3 Å². The Kier molecular flexibility index (Phi) is 5.67.